The summed E-state index contributed by atoms with van der Waals surface area (Å²) in [7, 11) is 0. The number of pyridine rings is 1. The highest BCUT2D eigenvalue weighted by molar-refractivity contribution is 9.10. The summed E-state index contributed by atoms with van der Waals surface area (Å²) < 4.78 is 6.36. The lowest BCUT2D eigenvalue weighted by Crippen LogP contribution is -2.01. The third-order valence-electron chi connectivity index (χ3n) is 1.84. The molecule has 0 bridgehead atoms. The molecule has 0 radical (unpaired) electrons. The first-order valence-corrected chi connectivity index (χ1v) is 4.83. The zero-order valence-electron chi connectivity index (χ0n) is 6.96. The maximum atomic E-state index is 5.54. The van der Waals surface area contributed by atoms with E-state index >= 15 is 0 Å². The van der Waals surface area contributed by atoms with Gasteiger partial charge in [-0.15, -0.1) is 0 Å². The van der Waals surface area contributed by atoms with Crippen LogP contribution in [0, 0.1) is 0 Å². The fourth-order valence-corrected chi connectivity index (χ4v) is 1.68. The maximum absolute atomic E-state index is 5.54. The molecule has 0 atom stereocenters. The molecule has 2 rings (SSSR count). The van der Waals surface area contributed by atoms with Crippen LogP contribution in [-0.2, 0) is 6.42 Å². The zero-order chi connectivity index (χ0) is 9.26. The smallest absolute Gasteiger partial charge is 0.138 e. The van der Waals surface area contributed by atoms with E-state index in [2.05, 4.69) is 20.9 Å². The van der Waals surface area contributed by atoms with Gasteiger partial charge in [-0.3, -0.25) is 0 Å². The molecule has 0 aromatic carbocycles. The molecule has 2 aromatic heterocycles. The van der Waals surface area contributed by atoms with Crippen LogP contribution < -0.4 is 5.73 Å². The Morgan fingerprint density at radius 3 is 3.08 bits per heavy atom. The molecule has 3 nitrogen and oxygen atoms in total. The van der Waals surface area contributed by atoms with Gasteiger partial charge in [-0.1, -0.05) is 0 Å². The summed E-state index contributed by atoms with van der Waals surface area (Å²) in [6.45, 7) is 0.602. The maximum Gasteiger partial charge on any atom is 0.138 e. The van der Waals surface area contributed by atoms with E-state index in [0.29, 0.717) is 6.54 Å². The Hall–Kier alpha value is -0.870. The van der Waals surface area contributed by atoms with Crippen molar-refractivity contribution in [3.8, 4) is 0 Å². The van der Waals surface area contributed by atoms with Gasteiger partial charge in [-0.05, 0) is 34.6 Å². The van der Waals surface area contributed by atoms with E-state index in [1.807, 2.05) is 12.1 Å². The molecule has 4 heteroatoms. The third-order valence-corrected chi connectivity index (χ3v) is 2.47. The Morgan fingerprint density at radius 1 is 1.54 bits per heavy atom. The number of nitrogens with zero attached hydrogens (tertiary/aromatic N) is 1. The quantitative estimate of drug-likeness (QED) is 0.819. The molecule has 0 fully saturated rings. The van der Waals surface area contributed by atoms with E-state index in [4.69, 9.17) is 10.2 Å². The summed E-state index contributed by atoms with van der Waals surface area (Å²) in [5.74, 6) is 0.909. The predicted octanol–water partition coefficient (Wildman–Crippen LogP) is 2.09. The fraction of sp³-hybridized carbons (Fsp3) is 0.222. The molecular weight excluding hydrogens is 232 g/mol. The first-order valence-electron chi connectivity index (χ1n) is 4.04. The Bertz CT molecular complexity index is 424. The van der Waals surface area contributed by atoms with Gasteiger partial charge in [-0.25, -0.2) is 4.98 Å². The highest BCUT2D eigenvalue weighted by atomic mass is 79.9. The van der Waals surface area contributed by atoms with Crippen molar-refractivity contribution in [3.05, 3.63) is 28.7 Å². The van der Waals surface area contributed by atoms with Crippen LogP contribution in [-0.4, -0.2) is 11.5 Å². The minimum atomic E-state index is 0.602. The molecule has 2 aromatic rings. The lowest BCUT2D eigenvalue weighted by Gasteiger charge is -1.88. The molecule has 0 aliphatic rings. The monoisotopic (exact) mass is 240 g/mol. The van der Waals surface area contributed by atoms with Crippen LogP contribution in [0.3, 0.4) is 0 Å². The highest BCUT2D eigenvalue weighted by Gasteiger charge is 2.05. The number of hydrogen-bond donors (Lipinski definition) is 1. The average molecular weight is 241 g/mol. The number of nitrogens with two attached hydrogens (primary N) is 1. The van der Waals surface area contributed by atoms with Crippen molar-refractivity contribution in [2.75, 3.05) is 6.54 Å². The first-order chi connectivity index (χ1) is 6.31. The number of fused-ring (bicyclic) bond motifs is 1. The van der Waals surface area contributed by atoms with Crippen LogP contribution in [0.4, 0.5) is 0 Å². The van der Waals surface area contributed by atoms with Crippen molar-refractivity contribution in [2.45, 2.75) is 6.42 Å². The predicted molar refractivity (Wildman–Crippen MR) is 54.5 cm³/mol. The summed E-state index contributed by atoms with van der Waals surface area (Å²) in [4.78, 5) is 4.11. The molecule has 0 saturated carbocycles. The standard InChI is InChI=1S/C9H9BrN2O/c10-9-7-5-6(1-3-11)13-8(7)2-4-12-9/h2,4-5H,1,3,11H2. The molecule has 13 heavy (non-hydrogen) atoms. The summed E-state index contributed by atoms with van der Waals surface area (Å²) in [6.07, 6.45) is 2.48. The molecule has 0 amide bonds. The summed E-state index contributed by atoms with van der Waals surface area (Å²) >= 11 is 3.36. The zero-order valence-corrected chi connectivity index (χ0v) is 8.54. The molecule has 68 valence electrons. The van der Waals surface area contributed by atoms with Crippen molar-refractivity contribution in [3.63, 3.8) is 0 Å². The van der Waals surface area contributed by atoms with Gasteiger partial charge in [0.15, 0.2) is 0 Å². The SMILES string of the molecule is NCCc1cc2c(Br)nccc2o1. The summed E-state index contributed by atoms with van der Waals surface area (Å²) in [5.41, 5.74) is 6.29. The van der Waals surface area contributed by atoms with Gasteiger partial charge < -0.3 is 10.2 Å². The lowest BCUT2D eigenvalue weighted by molar-refractivity contribution is 0.550. The van der Waals surface area contributed by atoms with Gasteiger partial charge in [0.2, 0.25) is 0 Å². The van der Waals surface area contributed by atoms with Gasteiger partial charge in [0.1, 0.15) is 15.9 Å². The number of halogens is 1. The molecule has 0 aliphatic heterocycles. The average Bonchev–Trinajstić information content (AvgIpc) is 2.49. The Labute approximate surface area is 84.1 Å². The Morgan fingerprint density at radius 2 is 2.38 bits per heavy atom. The normalized spacial score (nSPS) is 10.9. The largest absolute Gasteiger partial charge is 0.461 e. The molecule has 0 aliphatic carbocycles. The third kappa shape index (κ3) is 1.59. The summed E-state index contributed by atoms with van der Waals surface area (Å²) in [6, 6.07) is 3.82. The van der Waals surface area contributed by atoms with Crippen LogP contribution in [0.15, 0.2) is 27.3 Å². The fourth-order valence-electron chi connectivity index (χ4n) is 1.25. The van der Waals surface area contributed by atoms with Crippen molar-refractivity contribution in [1.82, 2.24) is 4.98 Å². The van der Waals surface area contributed by atoms with Gasteiger partial charge in [0.25, 0.3) is 0 Å². The minimum Gasteiger partial charge on any atom is -0.461 e. The number of hydrogen-bond acceptors (Lipinski definition) is 3. The van der Waals surface area contributed by atoms with Crippen LogP contribution >= 0.6 is 15.9 Å². The Balaban J connectivity index is 2.55. The van der Waals surface area contributed by atoms with Crippen molar-refractivity contribution in [1.29, 1.82) is 0 Å². The van der Waals surface area contributed by atoms with E-state index in [1.54, 1.807) is 6.20 Å². The van der Waals surface area contributed by atoms with Gasteiger partial charge in [0.05, 0.1) is 5.39 Å². The Kier molecular flexibility index (Phi) is 2.33. The second-order valence-corrected chi connectivity index (χ2v) is 3.52. The summed E-state index contributed by atoms with van der Waals surface area (Å²) in [5, 5.41) is 1.01. The lowest BCUT2D eigenvalue weighted by atomic mass is 10.3. The second kappa shape index (κ2) is 3.47. The molecule has 2 heterocycles. The topological polar surface area (TPSA) is 52.0 Å². The van der Waals surface area contributed by atoms with Crippen LogP contribution in [0.1, 0.15) is 5.76 Å². The van der Waals surface area contributed by atoms with E-state index in [0.717, 1.165) is 27.8 Å². The van der Waals surface area contributed by atoms with Gasteiger partial charge >= 0.3 is 0 Å². The second-order valence-electron chi connectivity index (χ2n) is 2.76. The molecule has 0 unspecified atom stereocenters. The van der Waals surface area contributed by atoms with E-state index < -0.39 is 0 Å². The molecule has 2 N–H and O–H groups in total. The van der Waals surface area contributed by atoms with Gasteiger partial charge in [-0.2, -0.15) is 0 Å². The van der Waals surface area contributed by atoms with Gasteiger partial charge in [0, 0.05) is 12.6 Å². The highest BCUT2D eigenvalue weighted by Crippen LogP contribution is 2.24. The van der Waals surface area contributed by atoms with Crippen LogP contribution in [0.5, 0.6) is 0 Å². The minimum absolute atomic E-state index is 0.602. The van der Waals surface area contributed by atoms with Crippen LogP contribution in [0.2, 0.25) is 0 Å². The molecule has 0 spiro atoms. The number of furan rings is 1. The number of rotatable bonds is 2. The first kappa shape index (κ1) is 8.72. The van der Waals surface area contributed by atoms with Crippen molar-refractivity contribution < 1.29 is 4.42 Å². The molecular formula is C9H9BrN2O. The van der Waals surface area contributed by atoms with E-state index in [-0.39, 0.29) is 0 Å². The van der Waals surface area contributed by atoms with Crippen molar-refractivity contribution in [2.24, 2.45) is 5.73 Å². The molecule has 0 saturated heterocycles. The number of aromatic nitrogens is 1. The van der Waals surface area contributed by atoms with E-state index in [1.165, 1.54) is 0 Å². The van der Waals surface area contributed by atoms with E-state index in [9.17, 15) is 0 Å². The van der Waals surface area contributed by atoms with Crippen LogP contribution in [0.25, 0.3) is 11.0 Å². The van der Waals surface area contributed by atoms with Crippen molar-refractivity contribution >= 4 is 26.9 Å².